The van der Waals surface area contributed by atoms with Crippen molar-refractivity contribution in [1.82, 2.24) is 0 Å². The molecule has 1 heterocycles. The summed E-state index contributed by atoms with van der Waals surface area (Å²) in [5.74, 6) is 0.856. The van der Waals surface area contributed by atoms with E-state index in [4.69, 9.17) is 4.74 Å². The van der Waals surface area contributed by atoms with Crippen molar-refractivity contribution in [2.75, 3.05) is 6.61 Å². The van der Waals surface area contributed by atoms with Crippen LogP contribution >= 0.6 is 0 Å². The lowest BCUT2D eigenvalue weighted by atomic mass is 9.91. The van der Waals surface area contributed by atoms with Gasteiger partial charge in [0.15, 0.2) is 0 Å². The molecule has 0 aromatic carbocycles. The number of hydrogen-bond donors (Lipinski definition) is 0. The van der Waals surface area contributed by atoms with Crippen LogP contribution in [0, 0.1) is 5.92 Å². The maximum Gasteiger partial charge on any atom is 0.0784 e. The maximum atomic E-state index is 5.47. The topological polar surface area (TPSA) is 9.23 Å². The Morgan fingerprint density at radius 1 is 1.33 bits per heavy atom. The molecule has 1 fully saturated rings. The van der Waals surface area contributed by atoms with Crippen LogP contribution in [0.5, 0.6) is 0 Å². The van der Waals surface area contributed by atoms with Crippen molar-refractivity contribution in [2.24, 2.45) is 5.92 Å². The third kappa shape index (κ3) is 0.897. The van der Waals surface area contributed by atoms with Gasteiger partial charge in [-0.1, -0.05) is 12.2 Å². The van der Waals surface area contributed by atoms with Gasteiger partial charge in [0.1, 0.15) is 0 Å². The number of ether oxygens (including phenoxy) is 1. The minimum absolute atomic E-state index is 0.485. The van der Waals surface area contributed by atoms with Crippen LogP contribution in [0.1, 0.15) is 19.3 Å². The quantitative estimate of drug-likeness (QED) is 0.447. The van der Waals surface area contributed by atoms with E-state index >= 15 is 0 Å². The molecule has 50 valence electrons. The predicted molar refractivity (Wildman–Crippen MR) is 36.2 cm³/mol. The molecule has 0 unspecified atom stereocenters. The summed E-state index contributed by atoms with van der Waals surface area (Å²) in [7, 11) is 0. The Labute approximate surface area is 55.7 Å². The van der Waals surface area contributed by atoms with E-state index in [2.05, 4.69) is 12.2 Å². The lowest BCUT2D eigenvalue weighted by molar-refractivity contribution is 0.122. The summed E-state index contributed by atoms with van der Waals surface area (Å²) in [6, 6.07) is 0. The fourth-order valence-corrected chi connectivity index (χ4v) is 1.72. The first kappa shape index (κ1) is 5.48. The normalized spacial score (nSPS) is 40.9. The lowest BCUT2D eigenvalue weighted by Crippen LogP contribution is -2.15. The highest BCUT2D eigenvalue weighted by molar-refractivity contribution is 5.00. The largest absolute Gasteiger partial charge is 0.374 e. The van der Waals surface area contributed by atoms with Crippen molar-refractivity contribution in [3.63, 3.8) is 0 Å². The second kappa shape index (κ2) is 2.14. The van der Waals surface area contributed by atoms with Crippen LogP contribution in [0.4, 0.5) is 0 Å². The molecule has 1 saturated heterocycles. The Hall–Kier alpha value is -0.300. The van der Waals surface area contributed by atoms with Gasteiger partial charge < -0.3 is 4.74 Å². The number of rotatable bonds is 0. The SMILES string of the molecule is C1=C[C@@H]2OCC[C@@H]2CC1. The predicted octanol–water partition coefficient (Wildman–Crippen LogP) is 1.74. The number of fused-ring (bicyclic) bond motifs is 1. The van der Waals surface area contributed by atoms with Crippen LogP contribution in [0.25, 0.3) is 0 Å². The van der Waals surface area contributed by atoms with E-state index in [0.717, 1.165) is 12.5 Å². The average molecular weight is 124 g/mol. The van der Waals surface area contributed by atoms with E-state index in [-0.39, 0.29) is 0 Å². The highest BCUT2D eigenvalue weighted by Crippen LogP contribution is 2.29. The molecule has 2 atom stereocenters. The molecule has 0 radical (unpaired) electrons. The van der Waals surface area contributed by atoms with Gasteiger partial charge in [-0.3, -0.25) is 0 Å². The van der Waals surface area contributed by atoms with Gasteiger partial charge in [0, 0.05) is 6.61 Å². The maximum absolute atomic E-state index is 5.47. The standard InChI is InChI=1S/C8H12O/c1-2-4-8-7(3-1)5-6-9-8/h2,4,7-8H,1,3,5-6H2/t7-,8-/m0/s1. The first-order valence-electron chi connectivity index (χ1n) is 3.75. The van der Waals surface area contributed by atoms with Gasteiger partial charge >= 0.3 is 0 Å². The molecule has 1 aliphatic heterocycles. The second-order valence-corrected chi connectivity index (χ2v) is 2.89. The van der Waals surface area contributed by atoms with Crippen LogP contribution in [-0.4, -0.2) is 12.7 Å². The van der Waals surface area contributed by atoms with E-state index < -0.39 is 0 Å². The van der Waals surface area contributed by atoms with E-state index in [1.54, 1.807) is 0 Å². The fraction of sp³-hybridized carbons (Fsp3) is 0.750. The minimum atomic E-state index is 0.485. The van der Waals surface area contributed by atoms with Crippen molar-refractivity contribution in [3.05, 3.63) is 12.2 Å². The summed E-state index contributed by atoms with van der Waals surface area (Å²) in [4.78, 5) is 0. The second-order valence-electron chi connectivity index (χ2n) is 2.89. The third-order valence-corrected chi connectivity index (χ3v) is 2.29. The first-order valence-corrected chi connectivity index (χ1v) is 3.75. The summed E-state index contributed by atoms with van der Waals surface area (Å²) in [6.45, 7) is 0.986. The first-order chi connectivity index (χ1) is 4.47. The van der Waals surface area contributed by atoms with Crippen molar-refractivity contribution in [1.29, 1.82) is 0 Å². The molecule has 1 heteroatoms. The molecule has 0 aromatic rings. The summed E-state index contributed by atoms with van der Waals surface area (Å²) in [5.41, 5.74) is 0. The summed E-state index contributed by atoms with van der Waals surface area (Å²) in [5, 5.41) is 0. The number of allylic oxidation sites excluding steroid dienone is 1. The van der Waals surface area contributed by atoms with Crippen LogP contribution in [-0.2, 0) is 4.74 Å². The zero-order chi connectivity index (χ0) is 6.10. The Bertz CT molecular complexity index is 129. The molecule has 0 bridgehead atoms. The zero-order valence-electron chi connectivity index (χ0n) is 5.55. The summed E-state index contributed by atoms with van der Waals surface area (Å²) < 4.78 is 5.47. The van der Waals surface area contributed by atoms with E-state index in [9.17, 15) is 0 Å². The Balaban J connectivity index is 2.10. The number of hydrogen-bond acceptors (Lipinski definition) is 1. The smallest absolute Gasteiger partial charge is 0.0784 e. The summed E-state index contributed by atoms with van der Waals surface area (Å²) in [6.07, 6.45) is 8.85. The van der Waals surface area contributed by atoms with Gasteiger partial charge in [-0.2, -0.15) is 0 Å². The fourth-order valence-electron chi connectivity index (χ4n) is 1.72. The van der Waals surface area contributed by atoms with Crippen molar-refractivity contribution in [3.8, 4) is 0 Å². The average Bonchev–Trinajstić information content (AvgIpc) is 2.33. The van der Waals surface area contributed by atoms with Crippen molar-refractivity contribution in [2.45, 2.75) is 25.4 Å². The minimum Gasteiger partial charge on any atom is -0.374 e. The van der Waals surface area contributed by atoms with E-state index in [0.29, 0.717) is 6.10 Å². The van der Waals surface area contributed by atoms with Gasteiger partial charge in [-0.15, -0.1) is 0 Å². The molecule has 1 aliphatic carbocycles. The third-order valence-electron chi connectivity index (χ3n) is 2.29. The Morgan fingerprint density at radius 3 is 3.22 bits per heavy atom. The van der Waals surface area contributed by atoms with Gasteiger partial charge in [0.05, 0.1) is 6.10 Å². The Kier molecular flexibility index (Phi) is 1.31. The van der Waals surface area contributed by atoms with Crippen LogP contribution < -0.4 is 0 Å². The Morgan fingerprint density at radius 2 is 2.33 bits per heavy atom. The monoisotopic (exact) mass is 124 g/mol. The molecule has 2 aliphatic rings. The molecular weight excluding hydrogens is 112 g/mol. The zero-order valence-corrected chi connectivity index (χ0v) is 5.55. The molecule has 2 rings (SSSR count). The van der Waals surface area contributed by atoms with Crippen LogP contribution in [0.3, 0.4) is 0 Å². The molecule has 0 N–H and O–H groups in total. The van der Waals surface area contributed by atoms with Gasteiger partial charge in [0.2, 0.25) is 0 Å². The molecule has 9 heavy (non-hydrogen) atoms. The summed E-state index contributed by atoms with van der Waals surface area (Å²) >= 11 is 0. The van der Waals surface area contributed by atoms with Crippen LogP contribution in [0.15, 0.2) is 12.2 Å². The highest BCUT2D eigenvalue weighted by Gasteiger charge is 2.26. The lowest BCUT2D eigenvalue weighted by Gasteiger charge is -2.17. The van der Waals surface area contributed by atoms with Gasteiger partial charge in [0.25, 0.3) is 0 Å². The molecule has 0 amide bonds. The molecule has 0 saturated carbocycles. The molecule has 1 nitrogen and oxygen atoms in total. The van der Waals surface area contributed by atoms with Gasteiger partial charge in [-0.05, 0) is 25.2 Å². The van der Waals surface area contributed by atoms with Crippen molar-refractivity contribution >= 4 is 0 Å². The van der Waals surface area contributed by atoms with Crippen molar-refractivity contribution < 1.29 is 4.74 Å². The van der Waals surface area contributed by atoms with E-state index in [1.165, 1.54) is 19.3 Å². The molecular formula is C8H12O. The molecule has 0 aromatic heterocycles. The van der Waals surface area contributed by atoms with Gasteiger partial charge in [-0.25, -0.2) is 0 Å². The van der Waals surface area contributed by atoms with Crippen LogP contribution in [0.2, 0.25) is 0 Å². The van der Waals surface area contributed by atoms with E-state index in [1.807, 2.05) is 0 Å². The highest BCUT2D eigenvalue weighted by atomic mass is 16.5. The molecule has 0 spiro atoms.